The van der Waals surface area contributed by atoms with Crippen LogP contribution in [0.3, 0.4) is 0 Å². The van der Waals surface area contributed by atoms with E-state index >= 15 is 0 Å². The zero-order valence-corrected chi connectivity index (χ0v) is 6.11. The van der Waals surface area contributed by atoms with Gasteiger partial charge in [0.1, 0.15) is 6.29 Å². The molecule has 10 heavy (non-hydrogen) atoms. The molecule has 0 N–H and O–H groups in total. The summed E-state index contributed by atoms with van der Waals surface area (Å²) < 4.78 is 11.7. The zero-order chi connectivity index (χ0) is 7.45. The number of aldehydes is 1. The third kappa shape index (κ3) is 1.36. The first-order chi connectivity index (χ1) is 4.83. The van der Waals surface area contributed by atoms with Gasteiger partial charge in [0.15, 0.2) is 0 Å². The van der Waals surface area contributed by atoms with Crippen LogP contribution < -0.4 is 0 Å². The lowest BCUT2D eigenvalue weighted by Gasteiger charge is -2.36. The number of carbonyl (C=O) groups is 1. The Kier molecular flexibility index (Phi) is 2.41. The summed E-state index contributed by atoms with van der Waals surface area (Å²) in [5.41, 5.74) is -0.105. The van der Waals surface area contributed by atoms with Gasteiger partial charge in [0.05, 0.1) is 6.67 Å². The number of halogens is 1. The molecule has 0 saturated heterocycles. The molecule has 58 valence electrons. The van der Waals surface area contributed by atoms with Gasteiger partial charge in [0.2, 0.25) is 0 Å². The highest BCUT2D eigenvalue weighted by Gasteiger charge is 2.35. The summed E-state index contributed by atoms with van der Waals surface area (Å²) in [7, 11) is 0. The van der Waals surface area contributed by atoms with Crippen LogP contribution in [0.5, 0.6) is 0 Å². The maximum absolute atomic E-state index is 11.7. The van der Waals surface area contributed by atoms with Gasteiger partial charge in [-0.05, 0) is 25.7 Å². The van der Waals surface area contributed by atoms with Crippen LogP contribution in [-0.2, 0) is 4.79 Å². The van der Waals surface area contributed by atoms with Crippen LogP contribution in [0.1, 0.15) is 32.1 Å². The lowest BCUT2D eigenvalue weighted by atomic mass is 9.67. The van der Waals surface area contributed by atoms with Gasteiger partial charge in [-0.1, -0.05) is 6.42 Å². The second-order valence-corrected chi connectivity index (χ2v) is 3.13. The van der Waals surface area contributed by atoms with Crippen molar-refractivity contribution in [2.75, 3.05) is 6.67 Å². The van der Waals surface area contributed by atoms with Crippen LogP contribution in [-0.4, -0.2) is 13.0 Å². The van der Waals surface area contributed by atoms with Crippen molar-refractivity contribution in [2.24, 2.45) is 5.41 Å². The van der Waals surface area contributed by atoms with Crippen LogP contribution in [0.15, 0.2) is 0 Å². The Morgan fingerprint density at radius 3 is 2.50 bits per heavy atom. The average Bonchev–Trinajstić information content (AvgIpc) is 1.87. The molecule has 2 heteroatoms. The van der Waals surface area contributed by atoms with Crippen molar-refractivity contribution in [1.82, 2.24) is 0 Å². The number of carbonyl (C=O) groups excluding carboxylic acids is 1. The number of alkyl halides is 1. The Bertz CT molecular complexity index is 118. The Labute approximate surface area is 60.6 Å². The van der Waals surface area contributed by atoms with E-state index in [2.05, 4.69) is 0 Å². The van der Waals surface area contributed by atoms with E-state index in [1.807, 2.05) is 0 Å². The molecule has 0 unspecified atom stereocenters. The summed E-state index contributed by atoms with van der Waals surface area (Å²) in [6.07, 6.45) is 5.44. The molecule has 1 rings (SSSR count). The summed E-state index contributed by atoms with van der Waals surface area (Å²) in [5.74, 6) is 0. The molecule has 0 radical (unpaired) electrons. The third-order valence-corrected chi connectivity index (χ3v) is 2.41. The van der Waals surface area contributed by atoms with Crippen molar-refractivity contribution in [3.05, 3.63) is 0 Å². The molecule has 0 spiro atoms. The molecule has 1 saturated carbocycles. The summed E-state index contributed by atoms with van der Waals surface area (Å²) in [5, 5.41) is 0. The van der Waals surface area contributed by atoms with Crippen molar-refractivity contribution in [2.45, 2.75) is 32.1 Å². The molecule has 1 aliphatic rings. The van der Waals surface area contributed by atoms with E-state index in [-0.39, 0.29) is 12.1 Å². The molecular weight excluding hydrogens is 131 g/mol. The molecule has 0 bridgehead atoms. The standard InChI is InChI=1S/C8H13FO/c9-6-2-5-8(7-10)3-1-4-8/h7H,1-6H2. The predicted octanol–water partition coefficient (Wildman–Crippen LogP) is 2.11. The van der Waals surface area contributed by atoms with Gasteiger partial charge < -0.3 is 4.79 Å². The van der Waals surface area contributed by atoms with Crippen LogP contribution >= 0.6 is 0 Å². The maximum Gasteiger partial charge on any atom is 0.126 e. The minimum atomic E-state index is -0.282. The lowest BCUT2D eigenvalue weighted by molar-refractivity contribution is -0.121. The van der Waals surface area contributed by atoms with Crippen molar-refractivity contribution < 1.29 is 9.18 Å². The smallest absolute Gasteiger partial charge is 0.126 e. The van der Waals surface area contributed by atoms with Crippen LogP contribution in [0.4, 0.5) is 4.39 Å². The molecular formula is C8H13FO. The minimum absolute atomic E-state index is 0.105. The number of hydrogen-bond donors (Lipinski definition) is 0. The van der Waals surface area contributed by atoms with Crippen LogP contribution in [0.25, 0.3) is 0 Å². The van der Waals surface area contributed by atoms with E-state index in [9.17, 15) is 9.18 Å². The second-order valence-electron chi connectivity index (χ2n) is 3.13. The fraction of sp³-hybridized carbons (Fsp3) is 0.875. The van der Waals surface area contributed by atoms with E-state index in [4.69, 9.17) is 0 Å². The molecule has 0 heterocycles. The summed E-state index contributed by atoms with van der Waals surface area (Å²) in [6.45, 7) is -0.282. The number of rotatable bonds is 4. The first-order valence-corrected chi connectivity index (χ1v) is 3.85. The van der Waals surface area contributed by atoms with Gasteiger partial charge in [-0.3, -0.25) is 4.39 Å². The van der Waals surface area contributed by atoms with Crippen LogP contribution in [0, 0.1) is 5.41 Å². The minimum Gasteiger partial charge on any atom is -0.303 e. The predicted molar refractivity (Wildman–Crippen MR) is 37.6 cm³/mol. The molecule has 1 fully saturated rings. The molecule has 1 nitrogen and oxygen atoms in total. The van der Waals surface area contributed by atoms with E-state index in [0.717, 1.165) is 32.0 Å². The quantitative estimate of drug-likeness (QED) is 0.552. The third-order valence-electron chi connectivity index (χ3n) is 2.41. The molecule has 0 atom stereocenters. The molecule has 0 amide bonds. The Hall–Kier alpha value is -0.400. The van der Waals surface area contributed by atoms with Crippen molar-refractivity contribution in [3.8, 4) is 0 Å². The zero-order valence-electron chi connectivity index (χ0n) is 6.11. The van der Waals surface area contributed by atoms with E-state index < -0.39 is 0 Å². The summed E-state index contributed by atoms with van der Waals surface area (Å²) in [6, 6.07) is 0. The van der Waals surface area contributed by atoms with E-state index in [1.54, 1.807) is 0 Å². The first kappa shape index (κ1) is 7.70. The van der Waals surface area contributed by atoms with Gasteiger partial charge in [-0.2, -0.15) is 0 Å². The fourth-order valence-corrected chi connectivity index (χ4v) is 1.48. The normalized spacial score (nSPS) is 21.7. The van der Waals surface area contributed by atoms with Gasteiger partial charge in [-0.15, -0.1) is 0 Å². The molecule has 0 aromatic heterocycles. The summed E-state index contributed by atoms with van der Waals surface area (Å²) in [4.78, 5) is 10.5. The Morgan fingerprint density at radius 2 is 2.20 bits per heavy atom. The first-order valence-electron chi connectivity index (χ1n) is 3.85. The van der Waals surface area contributed by atoms with E-state index in [1.165, 1.54) is 0 Å². The largest absolute Gasteiger partial charge is 0.303 e. The van der Waals surface area contributed by atoms with Gasteiger partial charge in [0.25, 0.3) is 0 Å². The molecule has 0 aromatic carbocycles. The maximum atomic E-state index is 11.7. The molecule has 0 aliphatic heterocycles. The average molecular weight is 144 g/mol. The highest BCUT2D eigenvalue weighted by molar-refractivity contribution is 5.60. The lowest BCUT2D eigenvalue weighted by Crippen LogP contribution is -2.30. The van der Waals surface area contributed by atoms with Crippen molar-refractivity contribution >= 4 is 6.29 Å². The van der Waals surface area contributed by atoms with Gasteiger partial charge >= 0.3 is 0 Å². The van der Waals surface area contributed by atoms with Crippen molar-refractivity contribution in [1.29, 1.82) is 0 Å². The number of hydrogen-bond acceptors (Lipinski definition) is 1. The Morgan fingerprint density at radius 1 is 1.50 bits per heavy atom. The Balaban J connectivity index is 2.26. The summed E-state index contributed by atoms with van der Waals surface area (Å²) >= 11 is 0. The van der Waals surface area contributed by atoms with E-state index in [0.29, 0.717) is 6.42 Å². The topological polar surface area (TPSA) is 17.1 Å². The van der Waals surface area contributed by atoms with Crippen molar-refractivity contribution in [3.63, 3.8) is 0 Å². The molecule has 0 aromatic rings. The second kappa shape index (κ2) is 3.13. The highest BCUT2D eigenvalue weighted by Crippen LogP contribution is 2.42. The van der Waals surface area contributed by atoms with Gasteiger partial charge in [-0.25, -0.2) is 0 Å². The molecule has 1 aliphatic carbocycles. The monoisotopic (exact) mass is 144 g/mol. The van der Waals surface area contributed by atoms with Crippen LogP contribution in [0.2, 0.25) is 0 Å². The SMILES string of the molecule is O=CC1(CCCF)CCC1. The highest BCUT2D eigenvalue weighted by atomic mass is 19.1. The fourth-order valence-electron chi connectivity index (χ4n) is 1.48. The van der Waals surface area contributed by atoms with Gasteiger partial charge in [0, 0.05) is 5.41 Å².